The molecule has 0 aromatic heterocycles. The first-order chi connectivity index (χ1) is 20.4. The summed E-state index contributed by atoms with van der Waals surface area (Å²) in [5, 5.41) is 0. The highest BCUT2D eigenvalue weighted by Gasteiger charge is 2.60. The number of rotatable bonds is 9. The van der Waals surface area contributed by atoms with E-state index in [4.69, 9.17) is 11.5 Å². The predicted octanol–water partition coefficient (Wildman–Crippen LogP) is 11.7. The van der Waals surface area contributed by atoms with Gasteiger partial charge in [-0.3, -0.25) is 0 Å². The Hall–Kier alpha value is -1.44. The minimum atomic E-state index is 0.580. The number of nitrogen functional groups attached to an aromatic ring is 2. The standard InChI is InChI=1S/C34H56N2.C7H14/c1-22(2)7-6-8-23(3)30-11-12-31-29-10-9-26-18-24(17-25-19-27(35)21-28(36)20-25)13-15-33(26,4)32(29)14-16-34(30,31)5;1-4-5-6-7(2)3/h19-24,26,29-32H,6-18,35-36H2,1-5H3;4-5,7H,6H2,1-3H3/b;5-4+. The molecule has 2 nitrogen and oxygen atoms in total. The van der Waals surface area contributed by atoms with Gasteiger partial charge >= 0.3 is 0 Å². The van der Waals surface area contributed by atoms with Crippen LogP contribution >= 0.6 is 0 Å². The van der Waals surface area contributed by atoms with Crippen LogP contribution in [0.5, 0.6) is 0 Å². The van der Waals surface area contributed by atoms with Gasteiger partial charge in [0.15, 0.2) is 0 Å². The van der Waals surface area contributed by atoms with Crippen LogP contribution in [0.3, 0.4) is 0 Å². The first kappa shape index (κ1) is 34.4. The van der Waals surface area contributed by atoms with Crippen LogP contribution in [-0.4, -0.2) is 0 Å². The first-order valence-electron chi connectivity index (χ1n) is 18.6. The quantitative estimate of drug-likeness (QED) is 0.222. The molecule has 4 aliphatic carbocycles. The Morgan fingerprint density at radius 3 is 2.09 bits per heavy atom. The average Bonchev–Trinajstić information content (AvgIpc) is 3.29. The molecule has 244 valence electrons. The molecule has 9 unspecified atom stereocenters. The fourth-order valence-electron chi connectivity index (χ4n) is 11.2. The van der Waals surface area contributed by atoms with Gasteiger partial charge in [-0.25, -0.2) is 0 Å². The van der Waals surface area contributed by atoms with E-state index in [0.29, 0.717) is 10.8 Å². The van der Waals surface area contributed by atoms with Gasteiger partial charge in [-0.15, -0.1) is 0 Å². The molecule has 0 aliphatic heterocycles. The molecule has 0 spiro atoms. The summed E-state index contributed by atoms with van der Waals surface area (Å²) in [6.07, 6.45) is 24.3. The molecule has 9 atom stereocenters. The fraction of sp³-hybridized carbons (Fsp3) is 0.805. The topological polar surface area (TPSA) is 52.0 Å². The molecule has 5 rings (SSSR count). The summed E-state index contributed by atoms with van der Waals surface area (Å²) in [4.78, 5) is 0. The molecule has 0 bridgehead atoms. The summed E-state index contributed by atoms with van der Waals surface area (Å²) >= 11 is 0. The number of allylic oxidation sites excluding steroid dienone is 2. The molecule has 0 amide bonds. The van der Waals surface area contributed by atoms with Crippen LogP contribution in [-0.2, 0) is 6.42 Å². The molecule has 0 saturated heterocycles. The minimum Gasteiger partial charge on any atom is -0.399 e. The molecule has 1 aromatic carbocycles. The maximum Gasteiger partial charge on any atom is 0.0337 e. The van der Waals surface area contributed by atoms with Crippen molar-refractivity contribution in [3.63, 3.8) is 0 Å². The van der Waals surface area contributed by atoms with E-state index < -0.39 is 0 Å². The Morgan fingerprint density at radius 2 is 1.47 bits per heavy atom. The van der Waals surface area contributed by atoms with Gasteiger partial charge in [0.05, 0.1) is 0 Å². The largest absolute Gasteiger partial charge is 0.399 e. The number of benzene rings is 1. The van der Waals surface area contributed by atoms with Crippen molar-refractivity contribution < 1.29 is 0 Å². The predicted molar refractivity (Wildman–Crippen MR) is 190 cm³/mol. The zero-order chi connectivity index (χ0) is 31.4. The van der Waals surface area contributed by atoms with Crippen molar-refractivity contribution in [1.82, 2.24) is 0 Å². The highest BCUT2D eigenvalue weighted by molar-refractivity contribution is 5.54. The van der Waals surface area contributed by atoms with Gasteiger partial charge < -0.3 is 11.5 Å². The molecule has 4 N–H and O–H groups in total. The van der Waals surface area contributed by atoms with Crippen LogP contribution in [0.15, 0.2) is 30.4 Å². The molecule has 4 fully saturated rings. The monoisotopic (exact) mass is 591 g/mol. The Balaban J connectivity index is 0.000000541. The van der Waals surface area contributed by atoms with Crippen LogP contribution in [0.1, 0.15) is 144 Å². The molecule has 4 aliphatic rings. The second kappa shape index (κ2) is 14.8. The van der Waals surface area contributed by atoms with Crippen LogP contribution in [0, 0.1) is 64.1 Å². The molecule has 0 heterocycles. The average molecular weight is 591 g/mol. The smallest absolute Gasteiger partial charge is 0.0337 e. The van der Waals surface area contributed by atoms with Crippen molar-refractivity contribution in [3.05, 3.63) is 35.9 Å². The van der Waals surface area contributed by atoms with Crippen molar-refractivity contribution in [2.75, 3.05) is 11.5 Å². The number of nitrogens with two attached hydrogens (primary N) is 2. The van der Waals surface area contributed by atoms with Crippen LogP contribution in [0.2, 0.25) is 0 Å². The molecule has 0 radical (unpaired) electrons. The number of anilines is 2. The van der Waals surface area contributed by atoms with Crippen molar-refractivity contribution in [2.24, 2.45) is 64.1 Å². The second-order valence-corrected chi connectivity index (χ2v) is 17.2. The van der Waals surface area contributed by atoms with E-state index in [9.17, 15) is 0 Å². The zero-order valence-corrected chi connectivity index (χ0v) is 29.6. The van der Waals surface area contributed by atoms with E-state index in [2.05, 4.69) is 79.7 Å². The summed E-state index contributed by atoms with van der Waals surface area (Å²) in [7, 11) is 0. The van der Waals surface area contributed by atoms with Crippen LogP contribution < -0.4 is 11.5 Å². The van der Waals surface area contributed by atoms with Crippen molar-refractivity contribution >= 4 is 11.4 Å². The van der Waals surface area contributed by atoms with Gasteiger partial charge in [-0.2, -0.15) is 0 Å². The second-order valence-electron chi connectivity index (χ2n) is 17.2. The van der Waals surface area contributed by atoms with Gasteiger partial charge in [0.25, 0.3) is 0 Å². The third-order valence-corrected chi connectivity index (χ3v) is 13.4. The number of fused-ring (bicyclic) bond motifs is 5. The Labute approximate surface area is 267 Å². The molecule has 2 heteroatoms. The molecular weight excluding hydrogens is 520 g/mol. The lowest BCUT2D eigenvalue weighted by atomic mass is 9.44. The summed E-state index contributed by atoms with van der Waals surface area (Å²) in [6.45, 7) is 19.4. The lowest BCUT2D eigenvalue weighted by Gasteiger charge is -2.61. The van der Waals surface area contributed by atoms with Crippen LogP contribution in [0.4, 0.5) is 11.4 Å². The Kier molecular flexibility index (Phi) is 11.8. The van der Waals surface area contributed by atoms with E-state index in [1.54, 1.807) is 0 Å². The maximum absolute atomic E-state index is 6.10. The lowest BCUT2D eigenvalue weighted by molar-refractivity contribution is -0.121. The summed E-state index contributed by atoms with van der Waals surface area (Å²) in [5.74, 6) is 8.27. The molecular formula is C41H70N2. The first-order valence-corrected chi connectivity index (χ1v) is 18.6. The van der Waals surface area contributed by atoms with Gasteiger partial charge in [0.1, 0.15) is 0 Å². The Bertz CT molecular complexity index is 1020. The lowest BCUT2D eigenvalue weighted by Crippen LogP contribution is -2.53. The van der Waals surface area contributed by atoms with Crippen molar-refractivity contribution in [2.45, 2.75) is 145 Å². The highest BCUT2D eigenvalue weighted by atomic mass is 14.7. The third kappa shape index (κ3) is 8.05. The molecule has 4 saturated carbocycles. The SMILES string of the molecule is C/C=C/CC(C)C.CC(C)CCCC(C)C1CCC2C3CCC4CC(Cc5cc(N)cc(N)c5)CCC4(C)C3CCC12C. The number of hydrogen-bond acceptors (Lipinski definition) is 2. The van der Waals surface area contributed by atoms with E-state index in [0.717, 1.165) is 71.1 Å². The van der Waals surface area contributed by atoms with Gasteiger partial charge in [-0.1, -0.05) is 79.9 Å². The van der Waals surface area contributed by atoms with E-state index in [-0.39, 0.29) is 0 Å². The summed E-state index contributed by atoms with van der Waals surface area (Å²) in [5.41, 5.74) is 16.4. The summed E-state index contributed by atoms with van der Waals surface area (Å²) in [6, 6.07) is 6.20. The fourth-order valence-corrected chi connectivity index (χ4v) is 11.2. The Morgan fingerprint density at radius 1 is 0.791 bits per heavy atom. The molecule has 43 heavy (non-hydrogen) atoms. The minimum absolute atomic E-state index is 0.580. The van der Waals surface area contributed by atoms with Gasteiger partial charge in [0, 0.05) is 11.4 Å². The normalized spacial score (nSPS) is 36.1. The van der Waals surface area contributed by atoms with Crippen molar-refractivity contribution in [3.8, 4) is 0 Å². The van der Waals surface area contributed by atoms with Gasteiger partial charge in [-0.05, 0) is 165 Å². The van der Waals surface area contributed by atoms with E-state index in [1.807, 2.05) is 6.07 Å². The van der Waals surface area contributed by atoms with E-state index in [1.165, 1.54) is 89.0 Å². The molecule has 1 aromatic rings. The third-order valence-electron chi connectivity index (χ3n) is 13.4. The summed E-state index contributed by atoms with van der Waals surface area (Å²) < 4.78 is 0. The van der Waals surface area contributed by atoms with E-state index >= 15 is 0 Å². The maximum atomic E-state index is 6.10. The highest BCUT2D eigenvalue weighted by Crippen LogP contribution is 2.68. The number of hydrogen-bond donors (Lipinski definition) is 2. The van der Waals surface area contributed by atoms with Crippen LogP contribution in [0.25, 0.3) is 0 Å². The van der Waals surface area contributed by atoms with Gasteiger partial charge in [0.2, 0.25) is 0 Å². The zero-order valence-electron chi connectivity index (χ0n) is 29.6. The van der Waals surface area contributed by atoms with Crippen molar-refractivity contribution in [1.29, 1.82) is 0 Å².